The molecule has 6 nitrogen and oxygen atoms in total. The summed E-state index contributed by atoms with van der Waals surface area (Å²) in [6, 6.07) is 29.9. The molecule has 0 aliphatic carbocycles. The molecule has 2 amide bonds. The number of imide groups is 1. The maximum Gasteiger partial charge on any atom is 0.414 e. The predicted molar refractivity (Wildman–Crippen MR) is 145 cm³/mol. The molecule has 0 heterocycles. The van der Waals surface area contributed by atoms with E-state index in [1.807, 2.05) is 54.6 Å². The molecule has 0 bridgehead atoms. The Balaban J connectivity index is 2.02. The maximum absolute atomic E-state index is 13.2. The monoisotopic (exact) mass is 506 g/mol. The zero-order valence-corrected chi connectivity index (χ0v) is 22.2. The second-order valence-electron chi connectivity index (χ2n) is 9.33. The van der Waals surface area contributed by atoms with Gasteiger partial charge in [-0.05, 0) is 37.5 Å². The molecular weight excluding hydrogens is 472 g/mol. The van der Waals surface area contributed by atoms with Gasteiger partial charge >= 0.3 is 6.09 Å². The number of carbonyl (C=O) groups is 2. The average molecular weight is 507 g/mol. The molecule has 3 aromatic rings. The van der Waals surface area contributed by atoms with Crippen LogP contribution in [0, 0.1) is 0 Å². The number of ether oxygens (including phenoxy) is 1. The van der Waals surface area contributed by atoms with Crippen molar-refractivity contribution >= 4 is 23.8 Å². The van der Waals surface area contributed by atoms with Gasteiger partial charge < -0.3 is 9.57 Å². The van der Waals surface area contributed by atoms with Crippen LogP contribution in [0.15, 0.2) is 91.0 Å². The van der Waals surface area contributed by atoms with Crippen LogP contribution in [-0.2, 0) is 19.1 Å². The summed E-state index contributed by atoms with van der Waals surface area (Å²) in [5.41, 5.74) is 2.53. The Kier molecular flexibility index (Phi) is 9.31. The van der Waals surface area contributed by atoms with Gasteiger partial charge in [0.2, 0.25) is 5.91 Å². The van der Waals surface area contributed by atoms with E-state index in [1.165, 1.54) is 12.2 Å². The van der Waals surface area contributed by atoms with Gasteiger partial charge in [-0.15, -0.1) is 11.8 Å². The van der Waals surface area contributed by atoms with Gasteiger partial charge in [0, 0.05) is 12.8 Å². The minimum Gasteiger partial charge on any atom is -0.444 e. The molecule has 190 valence electrons. The molecule has 0 saturated heterocycles. The second kappa shape index (κ2) is 12.2. The van der Waals surface area contributed by atoms with E-state index in [2.05, 4.69) is 41.7 Å². The molecule has 1 atom stereocenters. The van der Waals surface area contributed by atoms with Crippen molar-refractivity contribution < 1.29 is 19.2 Å². The number of rotatable bonds is 9. The highest BCUT2D eigenvalue weighted by Gasteiger charge is 2.39. The summed E-state index contributed by atoms with van der Waals surface area (Å²) in [6.45, 7) is 5.25. The quantitative estimate of drug-likeness (QED) is 0.300. The molecule has 0 saturated carbocycles. The molecule has 7 heteroatoms. The average Bonchev–Trinajstić information content (AvgIpc) is 2.87. The van der Waals surface area contributed by atoms with Gasteiger partial charge in [-0.2, -0.15) is 5.06 Å². The second-order valence-corrected chi connectivity index (χ2v) is 10.6. The van der Waals surface area contributed by atoms with Gasteiger partial charge in [-0.1, -0.05) is 91.0 Å². The number of nitrogens with one attached hydrogen (secondary N) is 1. The summed E-state index contributed by atoms with van der Waals surface area (Å²) in [6.07, 6.45) is -0.785. The number of likely N-dealkylation sites (N-methyl/N-ethyl adjacent to an activating group) is 1. The fourth-order valence-corrected chi connectivity index (χ4v) is 5.61. The number of nitrogens with zero attached hydrogens (tertiary/aromatic N) is 1. The van der Waals surface area contributed by atoms with E-state index in [9.17, 15) is 9.59 Å². The lowest BCUT2D eigenvalue weighted by atomic mass is 9.84. The topological polar surface area (TPSA) is 67.9 Å². The van der Waals surface area contributed by atoms with E-state index in [0.29, 0.717) is 5.75 Å². The number of carbonyl (C=O) groups excluding carboxylic acids is 2. The number of hydrogen-bond acceptors (Lipinski definition) is 6. The smallest absolute Gasteiger partial charge is 0.414 e. The van der Waals surface area contributed by atoms with Crippen molar-refractivity contribution in [3.63, 3.8) is 0 Å². The molecule has 3 aromatic carbocycles. The first-order valence-corrected chi connectivity index (χ1v) is 12.8. The normalized spacial score (nSPS) is 12.7. The highest BCUT2D eigenvalue weighted by molar-refractivity contribution is 8.00. The van der Waals surface area contributed by atoms with Crippen molar-refractivity contribution in [1.29, 1.82) is 0 Å². The molecule has 0 spiro atoms. The van der Waals surface area contributed by atoms with Gasteiger partial charge in [0.15, 0.2) is 0 Å². The summed E-state index contributed by atoms with van der Waals surface area (Å²) in [5, 5.41) is 3.83. The van der Waals surface area contributed by atoms with Crippen LogP contribution in [0.25, 0.3) is 0 Å². The Morgan fingerprint density at radius 3 is 1.61 bits per heavy atom. The zero-order valence-electron chi connectivity index (χ0n) is 21.4. The molecule has 0 aliphatic heterocycles. The fourth-order valence-electron chi connectivity index (χ4n) is 3.93. The Morgan fingerprint density at radius 2 is 1.25 bits per heavy atom. The summed E-state index contributed by atoms with van der Waals surface area (Å²) in [4.78, 5) is 31.0. The lowest BCUT2D eigenvalue weighted by molar-refractivity contribution is -0.156. The third kappa shape index (κ3) is 6.75. The summed E-state index contributed by atoms with van der Waals surface area (Å²) < 4.78 is 4.68. The van der Waals surface area contributed by atoms with E-state index >= 15 is 0 Å². The van der Waals surface area contributed by atoms with Crippen molar-refractivity contribution in [2.45, 2.75) is 37.2 Å². The lowest BCUT2D eigenvalue weighted by Gasteiger charge is -2.37. The summed E-state index contributed by atoms with van der Waals surface area (Å²) in [5.74, 6) is -0.165. The third-order valence-electron chi connectivity index (χ3n) is 5.65. The molecule has 0 fully saturated rings. The first kappa shape index (κ1) is 27.5. The molecule has 0 unspecified atom stereocenters. The van der Waals surface area contributed by atoms with Crippen LogP contribution in [0.5, 0.6) is 0 Å². The van der Waals surface area contributed by atoms with Crippen LogP contribution in [0.3, 0.4) is 0 Å². The fraction of sp³-hybridized carbons (Fsp3) is 0.310. The Labute approximate surface area is 217 Å². The van der Waals surface area contributed by atoms with Crippen molar-refractivity contribution in [3.05, 3.63) is 108 Å². The molecular formula is C29H34N2O4S. The maximum atomic E-state index is 13.2. The molecule has 3 rings (SSSR count). The van der Waals surface area contributed by atoms with Crippen molar-refractivity contribution in [3.8, 4) is 0 Å². The minimum atomic E-state index is -0.785. The summed E-state index contributed by atoms with van der Waals surface area (Å²) in [7, 11) is 3.17. The van der Waals surface area contributed by atoms with E-state index in [-0.39, 0.29) is 0 Å². The van der Waals surface area contributed by atoms with Crippen molar-refractivity contribution in [2.75, 3.05) is 19.9 Å². The van der Waals surface area contributed by atoms with Crippen LogP contribution in [0.1, 0.15) is 37.5 Å². The third-order valence-corrected chi connectivity index (χ3v) is 7.27. The summed E-state index contributed by atoms with van der Waals surface area (Å²) >= 11 is 1.61. The van der Waals surface area contributed by atoms with Gasteiger partial charge in [-0.3, -0.25) is 10.1 Å². The molecule has 1 N–H and O–H groups in total. The van der Waals surface area contributed by atoms with Crippen molar-refractivity contribution in [1.82, 2.24) is 10.4 Å². The van der Waals surface area contributed by atoms with Crippen LogP contribution >= 0.6 is 11.8 Å². The Bertz CT molecular complexity index is 1020. The number of hydroxylamine groups is 2. The highest BCUT2D eigenvalue weighted by atomic mass is 32.2. The zero-order chi connectivity index (χ0) is 26.2. The SMILES string of the molecule is CON(C)[C@@H](CSC(c1ccccc1)(c1ccccc1)c1ccccc1)C(=O)NC(=O)OC(C)(C)C. The number of alkyl carbamates (subject to hydrolysis) is 1. The number of amides is 2. The minimum absolute atomic E-state index is 0.331. The lowest BCUT2D eigenvalue weighted by Crippen LogP contribution is -2.49. The van der Waals surface area contributed by atoms with Gasteiger partial charge in [-0.25, -0.2) is 4.79 Å². The van der Waals surface area contributed by atoms with E-state index in [4.69, 9.17) is 9.57 Å². The van der Waals surface area contributed by atoms with E-state index in [0.717, 1.165) is 16.7 Å². The Morgan fingerprint density at radius 1 is 0.833 bits per heavy atom. The van der Waals surface area contributed by atoms with Gasteiger partial charge in [0.1, 0.15) is 11.6 Å². The standard InChI is InChI=1S/C29H34N2O4S/c1-28(2,3)35-27(33)30-26(32)25(31(4)34-5)21-36-29(22-15-9-6-10-16-22,23-17-11-7-12-18-23)24-19-13-8-14-20-24/h6-20,25H,21H2,1-5H3,(H,30,32,33)/t25-/m0/s1. The van der Waals surface area contributed by atoms with Gasteiger partial charge in [0.25, 0.3) is 0 Å². The molecule has 36 heavy (non-hydrogen) atoms. The Hall–Kier alpha value is -3.13. The first-order valence-electron chi connectivity index (χ1n) is 11.8. The van der Waals surface area contributed by atoms with E-state index in [1.54, 1.807) is 39.6 Å². The van der Waals surface area contributed by atoms with Crippen LogP contribution in [-0.4, -0.2) is 48.6 Å². The van der Waals surface area contributed by atoms with Crippen LogP contribution in [0.2, 0.25) is 0 Å². The number of benzene rings is 3. The number of thioether (sulfide) groups is 1. The molecule has 0 radical (unpaired) electrons. The highest BCUT2D eigenvalue weighted by Crippen LogP contribution is 2.48. The predicted octanol–water partition coefficient (Wildman–Crippen LogP) is 5.62. The molecule has 0 aromatic heterocycles. The van der Waals surface area contributed by atoms with E-state index < -0.39 is 28.4 Å². The first-order chi connectivity index (χ1) is 17.2. The van der Waals surface area contributed by atoms with Crippen LogP contribution in [0.4, 0.5) is 4.79 Å². The number of hydrogen-bond donors (Lipinski definition) is 1. The van der Waals surface area contributed by atoms with Crippen molar-refractivity contribution in [2.24, 2.45) is 0 Å². The van der Waals surface area contributed by atoms with Gasteiger partial charge in [0.05, 0.1) is 11.9 Å². The van der Waals surface area contributed by atoms with Crippen LogP contribution < -0.4 is 5.32 Å². The molecule has 0 aliphatic rings. The largest absolute Gasteiger partial charge is 0.444 e.